The van der Waals surface area contributed by atoms with Crippen molar-refractivity contribution in [2.45, 2.75) is 0 Å². The molecule has 0 bridgehead atoms. The Morgan fingerprint density at radius 1 is 1.25 bits per heavy atom. The van der Waals surface area contributed by atoms with Crippen LogP contribution in [0.2, 0.25) is 5.02 Å². The topological polar surface area (TPSA) is 33.1 Å². The molecule has 0 atom stereocenters. The minimum absolute atomic E-state index is 0.0207. The fraction of sp³-hybridized carbons (Fsp3) is 0. The van der Waals surface area contributed by atoms with E-state index in [1.807, 2.05) is 0 Å². The highest BCUT2D eigenvalue weighted by molar-refractivity contribution is 9.10. The fourth-order valence-electron chi connectivity index (χ4n) is 1.27. The third-order valence-corrected chi connectivity index (χ3v) is 3.32. The van der Waals surface area contributed by atoms with Gasteiger partial charge in [0.2, 0.25) is 0 Å². The highest BCUT2D eigenvalue weighted by Gasteiger charge is 2.12. The summed E-state index contributed by atoms with van der Waals surface area (Å²) >= 11 is 8.90. The van der Waals surface area contributed by atoms with Gasteiger partial charge in [-0.3, -0.25) is 4.98 Å². The first-order chi connectivity index (χ1) is 7.59. The molecule has 5 heteroatoms. The molecule has 1 N–H and O–H groups in total. The molecule has 0 saturated heterocycles. The number of benzene rings is 1. The summed E-state index contributed by atoms with van der Waals surface area (Å²) in [6.45, 7) is 0. The SMILES string of the molecule is Oc1ccc(-c2ccc(Br)c(Cl)c2F)nc1. The van der Waals surface area contributed by atoms with Crippen LogP contribution in [0.5, 0.6) is 5.75 Å². The molecule has 0 aliphatic heterocycles. The van der Waals surface area contributed by atoms with Crippen molar-refractivity contribution >= 4 is 27.5 Å². The zero-order valence-corrected chi connectivity index (χ0v) is 10.3. The highest BCUT2D eigenvalue weighted by atomic mass is 79.9. The average Bonchev–Trinajstić information content (AvgIpc) is 2.28. The van der Waals surface area contributed by atoms with Crippen molar-refractivity contribution in [3.8, 4) is 17.0 Å². The van der Waals surface area contributed by atoms with Gasteiger partial charge in [0.15, 0.2) is 5.82 Å². The van der Waals surface area contributed by atoms with Crippen molar-refractivity contribution in [2.24, 2.45) is 0 Å². The number of pyridine rings is 1. The van der Waals surface area contributed by atoms with Gasteiger partial charge in [-0.15, -0.1) is 0 Å². The molecule has 0 unspecified atom stereocenters. The second-order valence-corrected chi connectivity index (χ2v) is 4.36. The first kappa shape index (κ1) is 11.4. The second kappa shape index (κ2) is 4.39. The van der Waals surface area contributed by atoms with Crippen LogP contribution in [0.15, 0.2) is 34.9 Å². The van der Waals surface area contributed by atoms with Crippen LogP contribution in [-0.2, 0) is 0 Å². The van der Waals surface area contributed by atoms with Gasteiger partial charge in [0.05, 0.1) is 16.9 Å². The van der Waals surface area contributed by atoms with Gasteiger partial charge in [0, 0.05) is 10.0 Å². The predicted octanol–water partition coefficient (Wildman–Crippen LogP) is 4.01. The summed E-state index contributed by atoms with van der Waals surface area (Å²) in [6.07, 6.45) is 1.25. The smallest absolute Gasteiger partial charge is 0.152 e. The molecule has 0 spiro atoms. The van der Waals surface area contributed by atoms with Crippen molar-refractivity contribution < 1.29 is 9.50 Å². The summed E-state index contributed by atoms with van der Waals surface area (Å²) in [4.78, 5) is 3.92. The van der Waals surface area contributed by atoms with Crippen molar-refractivity contribution in [2.75, 3.05) is 0 Å². The van der Waals surface area contributed by atoms with Gasteiger partial charge in [0.25, 0.3) is 0 Å². The minimum atomic E-state index is -0.533. The fourth-order valence-corrected chi connectivity index (χ4v) is 1.74. The third kappa shape index (κ3) is 2.03. The normalized spacial score (nSPS) is 10.4. The van der Waals surface area contributed by atoms with E-state index in [0.29, 0.717) is 15.7 Å². The van der Waals surface area contributed by atoms with Gasteiger partial charge >= 0.3 is 0 Å². The zero-order chi connectivity index (χ0) is 11.7. The van der Waals surface area contributed by atoms with E-state index in [2.05, 4.69) is 20.9 Å². The van der Waals surface area contributed by atoms with E-state index < -0.39 is 5.82 Å². The standard InChI is InChI=1S/C11H6BrClFNO/c12-8-3-2-7(11(14)10(8)13)9-4-1-6(16)5-15-9/h1-5,16H. The largest absolute Gasteiger partial charge is 0.506 e. The number of hydrogen-bond donors (Lipinski definition) is 1. The Hall–Kier alpha value is -1.13. The molecule has 0 radical (unpaired) electrons. The summed E-state index contributed by atoms with van der Waals surface area (Å²) in [5, 5.41) is 9.10. The number of halogens is 3. The molecule has 1 aromatic heterocycles. The van der Waals surface area contributed by atoms with E-state index in [0.717, 1.165) is 0 Å². The lowest BCUT2D eigenvalue weighted by Gasteiger charge is -2.05. The van der Waals surface area contributed by atoms with E-state index in [1.165, 1.54) is 18.3 Å². The molecule has 0 saturated carbocycles. The van der Waals surface area contributed by atoms with Crippen molar-refractivity contribution in [3.63, 3.8) is 0 Å². The van der Waals surface area contributed by atoms with Crippen molar-refractivity contribution in [1.82, 2.24) is 4.98 Å². The van der Waals surface area contributed by atoms with E-state index >= 15 is 0 Å². The molecule has 2 rings (SSSR count). The first-order valence-corrected chi connectivity index (χ1v) is 5.55. The number of nitrogens with zero attached hydrogens (tertiary/aromatic N) is 1. The Bertz CT molecular complexity index is 530. The Kier molecular flexibility index (Phi) is 3.12. The number of rotatable bonds is 1. The average molecular weight is 303 g/mol. The minimum Gasteiger partial charge on any atom is -0.506 e. The summed E-state index contributed by atoms with van der Waals surface area (Å²) in [6, 6.07) is 6.19. The summed E-state index contributed by atoms with van der Waals surface area (Å²) in [7, 11) is 0. The number of hydrogen-bond acceptors (Lipinski definition) is 2. The van der Waals surface area contributed by atoms with Crippen LogP contribution in [-0.4, -0.2) is 10.1 Å². The van der Waals surface area contributed by atoms with Crippen LogP contribution in [0.3, 0.4) is 0 Å². The lowest BCUT2D eigenvalue weighted by Crippen LogP contribution is -1.89. The third-order valence-electron chi connectivity index (χ3n) is 2.06. The molecule has 0 fully saturated rings. The van der Waals surface area contributed by atoms with E-state index in [1.54, 1.807) is 12.1 Å². The van der Waals surface area contributed by atoms with Gasteiger partial charge in [-0.2, -0.15) is 0 Å². The van der Waals surface area contributed by atoms with Gasteiger partial charge in [-0.25, -0.2) is 4.39 Å². The second-order valence-electron chi connectivity index (χ2n) is 3.12. The zero-order valence-electron chi connectivity index (χ0n) is 7.92. The lowest BCUT2D eigenvalue weighted by molar-refractivity contribution is 0.473. The maximum Gasteiger partial charge on any atom is 0.152 e. The number of aromatic hydroxyl groups is 1. The first-order valence-electron chi connectivity index (χ1n) is 4.38. The van der Waals surface area contributed by atoms with Crippen molar-refractivity contribution in [1.29, 1.82) is 0 Å². The molecular formula is C11H6BrClFNO. The Balaban J connectivity index is 2.57. The summed E-state index contributed by atoms with van der Waals surface area (Å²) in [5.41, 5.74) is 0.720. The molecule has 2 nitrogen and oxygen atoms in total. The van der Waals surface area contributed by atoms with Gasteiger partial charge in [-0.1, -0.05) is 11.6 Å². The van der Waals surface area contributed by atoms with E-state index in [4.69, 9.17) is 16.7 Å². The monoisotopic (exact) mass is 301 g/mol. The van der Waals surface area contributed by atoms with Crippen LogP contribution < -0.4 is 0 Å². The van der Waals surface area contributed by atoms with Crippen LogP contribution in [0.1, 0.15) is 0 Å². The lowest BCUT2D eigenvalue weighted by atomic mass is 10.1. The molecule has 16 heavy (non-hydrogen) atoms. The Morgan fingerprint density at radius 3 is 2.62 bits per heavy atom. The van der Waals surface area contributed by atoms with Crippen molar-refractivity contribution in [3.05, 3.63) is 45.8 Å². The summed E-state index contributed by atoms with van der Waals surface area (Å²) < 4.78 is 14.3. The summed E-state index contributed by atoms with van der Waals surface area (Å²) in [5.74, 6) is -0.499. The van der Waals surface area contributed by atoms with E-state index in [9.17, 15) is 4.39 Å². The molecule has 2 aromatic rings. The van der Waals surface area contributed by atoms with Gasteiger partial charge in [0.1, 0.15) is 5.75 Å². The maximum absolute atomic E-state index is 13.8. The molecule has 1 heterocycles. The van der Waals surface area contributed by atoms with Crippen LogP contribution in [0.25, 0.3) is 11.3 Å². The molecule has 0 aliphatic rings. The quantitative estimate of drug-likeness (QED) is 0.807. The molecule has 82 valence electrons. The van der Waals surface area contributed by atoms with Crippen LogP contribution in [0, 0.1) is 5.82 Å². The molecular weight excluding hydrogens is 296 g/mol. The molecule has 1 aromatic carbocycles. The van der Waals surface area contributed by atoms with Gasteiger partial charge < -0.3 is 5.11 Å². The van der Waals surface area contributed by atoms with Gasteiger partial charge in [-0.05, 0) is 40.2 Å². The van der Waals surface area contributed by atoms with Crippen LogP contribution >= 0.6 is 27.5 Å². The highest BCUT2D eigenvalue weighted by Crippen LogP contribution is 2.32. The van der Waals surface area contributed by atoms with E-state index in [-0.39, 0.29) is 10.8 Å². The Labute approximate surface area is 105 Å². The van der Waals surface area contributed by atoms with Crippen LogP contribution in [0.4, 0.5) is 4.39 Å². The molecule has 0 aliphatic carbocycles. The maximum atomic E-state index is 13.8. The predicted molar refractivity (Wildman–Crippen MR) is 64.0 cm³/mol. The Morgan fingerprint density at radius 2 is 2.00 bits per heavy atom. The molecule has 0 amide bonds. The number of aromatic nitrogens is 1.